The quantitative estimate of drug-likeness (QED) is 0.641. The van der Waals surface area contributed by atoms with Crippen LogP contribution in [-0.4, -0.2) is 12.1 Å². The lowest BCUT2D eigenvalue weighted by Crippen LogP contribution is -2.17. The minimum atomic E-state index is -0.293. The Balaban J connectivity index is 2.63. The number of ether oxygens (including phenoxy) is 1. The normalized spacial score (nSPS) is 12.6. The SMILES string of the molecule is CC(C)CC(C)OC(=O)c1ccccc1S. The topological polar surface area (TPSA) is 26.3 Å². The van der Waals surface area contributed by atoms with Crippen LogP contribution in [0, 0.1) is 5.92 Å². The highest BCUT2D eigenvalue weighted by Crippen LogP contribution is 2.16. The van der Waals surface area contributed by atoms with Crippen LogP contribution in [0.2, 0.25) is 0 Å². The summed E-state index contributed by atoms with van der Waals surface area (Å²) in [5.74, 6) is 0.229. The highest BCUT2D eigenvalue weighted by molar-refractivity contribution is 7.80. The molecule has 0 fully saturated rings. The van der Waals surface area contributed by atoms with Crippen LogP contribution in [0.4, 0.5) is 0 Å². The number of rotatable bonds is 4. The Kier molecular flexibility index (Phi) is 4.87. The molecule has 1 atom stereocenters. The van der Waals surface area contributed by atoms with Crippen LogP contribution in [-0.2, 0) is 4.74 Å². The summed E-state index contributed by atoms with van der Waals surface area (Å²) in [4.78, 5) is 12.4. The van der Waals surface area contributed by atoms with Crippen LogP contribution in [0.1, 0.15) is 37.6 Å². The summed E-state index contributed by atoms with van der Waals surface area (Å²) in [5, 5.41) is 0. The van der Waals surface area contributed by atoms with Crippen molar-refractivity contribution in [2.24, 2.45) is 5.92 Å². The maximum Gasteiger partial charge on any atom is 0.339 e. The van der Waals surface area contributed by atoms with Crippen molar-refractivity contribution >= 4 is 18.6 Å². The van der Waals surface area contributed by atoms with Crippen molar-refractivity contribution in [3.05, 3.63) is 29.8 Å². The maximum absolute atomic E-state index is 11.8. The third-order valence-electron chi connectivity index (χ3n) is 2.24. The largest absolute Gasteiger partial charge is 0.459 e. The van der Waals surface area contributed by atoms with Gasteiger partial charge in [0.1, 0.15) is 0 Å². The fraction of sp³-hybridized carbons (Fsp3) is 0.462. The second-order valence-electron chi connectivity index (χ2n) is 4.36. The summed E-state index contributed by atoms with van der Waals surface area (Å²) >= 11 is 4.23. The monoisotopic (exact) mass is 238 g/mol. The molecule has 0 radical (unpaired) electrons. The predicted molar refractivity (Wildman–Crippen MR) is 68.0 cm³/mol. The predicted octanol–water partition coefficient (Wildman–Crippen LogP) is 3.57. The average molecular weight is 238 g/mol. The first-order valence-electron chi connectivity index (χ1n) is 5.49. The summed E-state index contributed by atoms with van der Waals surface area (Å²) < 4.78 is 5.34. The minimum Gasteiger partial charge on any atom is -0.459 e. The Morgan fingerprint density at radius 3 is 2.50 bits per heavy atom. The Labute approximate surface area is 102 Å². The molecule has 2 nitrogen and oxygen atoms in total. The van der Waals surface area contributed by atoms with E-state index in [1.807, 2.05) is 19.1 Å². The van der Waals surface area contributed by atoms with Gasteiger partial charge in [-0.3, -0.25) is 0 Å². The molecule has 0 heterocycles. The van der Waals surface area contributed by atoms with Gasteiger partial charge in [-0.1, -0.05) is 26.0 Å². The molecule has 16 heavy (non-hydrogen) atoms. The van der Waals surface area contributed by atoms with Gasteiger partial charge >= 0.3 is 5.97 Å². The van der Waals surface area contributed by atoms with E-state index >= 15 is 0 Å². The molecule has 0 saturated heterocycles. The van der Waals surface area contributed by atoms with Crippen molar-refractivity contribution in [3.8, 4) is 0 Å². The highest BCUT2D eigenvalue weighted by Gasteiger charge is 2.14. The first-order valence-corrected chi connectivity index (χ1v) is 5.94. The van der Waals surface area contributed by atoms with Gasteiger partial charge in [0.2, 0.25) is 0 Å². The van der Waals surface area contributed by atoms with Crippen LogP contribution in [0.25, 0.3) is 0 Å². The minimum absolute atomic E-state index is 0.0551. The van der Waals surface area contributed by atoms with E-state index in [4.69, 9.17) is 4.74 Å². The van der Waals surface area contributed by atoms with E-state index in [0.29, 0.717) is 16.4 Å². The third-order valence-corrected chi connectivity index (χ3v) is 2.63. The number of benzene rings is 1. The zero-order valence-electron chi connectivity index (χ0n) is 9.93. The molecule has 0 bridgehead atoms. The lowest BCUT2D eigenvalue weighted by Gasteiger charge is -2.15. The second-order valence-corrected chi connectivity index (χ2v) is 4.84. The summed E-state index contributed by atoms with van der Waals surface area (Å²) in [5.41, 5.74) is 0.529. The Hall–Kier alpha value is -0.960. The van der Waals surface area contributed by atoms with E-state index < -0.39 is 0 Å². The number of esters is 1. The number of hydrogen-bond acceptors (Lipinski definition) is 3. The molecule has 1 aromatic rings. The van der Waals surface area contributed by atoms with Gasteiger partial charge in [0.05, 0.1) is 11.7 Å². The average Bonchev–Trinajstić information content (AvgIpc) is 2.16. The molecule has 0 aliphatic heterocycles. The summed E-state index contributed by atoms with van der Waals surface area (Å²) in [6.07, 6.45) is 0.820. The van der Waals surface area contributed by atoms with Gasteiger partial charge in [0.15, 0.2) is 0 Å². The standard InChI is InChI=1S/C13H18O2S/c1-9(2)8-10(3)15-13(14)11-6-4-5-7-12(11)16/h4-7,9-10,16H,8H2,1-3H3. The molecule has 0 N–H and O–H groups in total. The van der Waals surface area contributed by atoms with Crippen molar-refractivity contribution in [2.45, 2.75) is 38.2 Å². The van der Waals surface area contributed by atoms with Crippen molar-refractivity contribution in [1.29, 1.82) is 0 Å². The van der Waals surface area contributed by atoms with Gasteiger partial charge in [-0.25, -0.2) is 4.79 Å². The summed E-state index contributed by atoms with van der Waals surface area (Å²) in [6.45, 7) is 6.13. The molecule has 1 rings (SSSR count). The van der Waals surface area contributed by atoms with Crippen LogP contribution in [0.15, 0.2) is 29.2 Å². The van der Waals surface area contributed by atoms with Gasteiger partial charge < -0.3 is 4.74 Å². The zero-order chi connectivity index (χ0) is 12.1. The fourth-order valence-electron chi connectivity index (χ4n) is 1.60. The van der Waals surface area contributed by atoms with Crippen molar-refractivity contribution in [1.82, 2.24) is 0 Å². The maximum atomic E-state index is 11.8. The number of carbonyl (C=O) groups is 1. The fourth-order valence-corrected chi connectivity index (χ4v) is 1.86. The van der Waals surface area contributed by atoms with E-state index in [0.717, 1.165) is 6.42 Å². The smallest absolute Gasteiger partial charge is 0.339 e. The Morgan fingerprint density at radius 2 is 1.94 bits per heavy atom. The Bertz CT molecular complexity index is 361. The Morgan fingerprint density at radius 1 is 1.31 bits per heavy atom. The van der Waals surface area contributed by atoms with E-state index in [-0.39, 0.29) is 12.1 Å². The molecule has 88 valence electrons. The van der Waals surface area contributed by atoms with Crippen LogP contribution < -0.4 is 0 Å². The number of thiol groups is 1. The first-order chi connectivity index (χ1) is 7.50. The molecule has 1 aromatic carbocycles. The molecule has 0 aliphatic rings. The molecule has 0 saturated carbocycles. The molecular weight excluding hydrogens is 220 g/mol. The van der Waals surface area contributed by atoms with Gasteiger partial charge in [-0.05, 0) is 31.4 Å². The number of carbonyl (C=O) groups excluding carboxylic acids is 1. The zero-order valence-corrected chi connectivity index (χ0v) is 10.8. The molecular formula is C13H18O2S. The molecule has 0 aromatic heterocycles. The first kappa shape index (κ1) is 13.1. The third kappa shape index (κ3) is 3.89. The van der Waals surface area contributed by atoms with Gasteiger partial charge in [0, 0.05) is 4.90 Å². The molecule has 0 aliphatic carbocycles. The van der Waals surface area contributed by atoms with Crippen LogP contribution >= 0.6 is 12.6 Å². The molecule has 3 heteroatoms. The molecule has 0 spiro atoms. The molecule has 0 amide bonds. The van der Waals surface area contributed by atoms with E-state index in [1.165, 1.54) is 0 Å². The lowest BCUT2D eigenvalue weighted by atomic mass is 10.1. The lowest BCUT2D eigenvalue weighted by molar-refractivity contribution is 0.0295. The summed E-state index contributed by atoms with van der Waals surface area (Å²) in [7, 11) is 0. The second kappa shape index (κ2) is 5.94. The van der Waals surface area contributed by atoms with Crippen molar-refractivity contribution < 1.29 is 9.53 Å². The van der Waals surface area contributed by atoms with Crippen molar-refractivity contribution in [3.63, 3.8) is 0 Å². The van der Waals surface area contributed by atoms with Crippen LogP contribution in [0.5, 0.6) is 0 Å². The number of hydrogen-bond donors (Lipinski definition) is 1. The van der Waals surface area contributed by atoms with E-state index in [1.54, 1.807) is 12.1 Å². The molecule has 1 unspecified atom stereocenters. The van der Waals surface area contributed by atoms with Crippen LogP contribution in [0.3, 0.4) is 0 Å². The van der Waals surface area contributed by atoms with Gasteiger partial charge in [-0.15, -0.1) is 12.6 Å². The van der Waals surface area contributed by atoms with Gasteiger partial charge in [-0.2, -0.15) is 0 Å². The van der Waals surface area contributed by atoms with E-state index in [9.17, 15) is 4.79 Å². The summed E-state index contributed by atoms with van der Waals surface area (Å²) in [6, 6.07) is 7.17. The van der Waals surface area contributed by atoms with Crippen molar-refractivity contribution in [2.75, 3.05) is 0 Å². The van der Waals surface area contributed by atoms with E-state index in [2.05, 4.69) is 26.5 Å². The van der Waals surface area contributed by atoms with Gasteiger partial charge in [0.25, 0.3) is 0 Å². The highest BCUT2D eigenvalue weighted by atomic mass is 32.1.